The van der Waals surface area contributed by atoms with Gasteiger partial charge < -0.3 is 0 Å². The number of aromatic nitrogens is 6. The van der Waals surface area contributed by atoms with E-state index >= 15 is 0 Å². The fraction of sp³-hybridized carbons (Fsp3) is 0. The summed E-state index contributed by atoms with van der Waals surface area (Å²) in [5.74, 6) is 1.46. The molecule has 0 saturated heterocycles. The molecule has 6 nitrogen and oxygen atoms in total. The number of para-hydroxylation sites is 4. The van der Waals surface area contributed by atoms with Crippen LogP contribution in [0.3, 0.4) is 0 Å². The van der Waals surface area contributed by atoms with Gasteiger partial charge in [0.15, 0.2) is 11.6 Å². The van der Waals surface area contributed by atoms with Gasteiger partial charge in [-0.2, -0.15) is 0 Å². The van der Waals surface area contributed by atoms with Crippen LogP contribution < -0.4 is 0 Å². The first-order valence-corrected chi connectivity index (χ1v) is 44.3. The average Bonchev–Trinajstić information content (AvgIpc) is 0.727. The Morgan fingerprint density at radius 2 is 0.354 bits per heavy atom. The lowest BCUT2D eigenvalue weighted by Gasteiger charge is -2.15. The maximum Gasteiger partial charge on any atom is 0.160 e. The van der Waals surface area contributed by atoms with Crippen LogP contribution in [0.5, 0.6) is 0 Å². The van der Waals surface area contributed by atoms with Gasteiger partial charge in [0.25, 0.3) is 0 Å². The summed E-state index contributed by atoms with van der Waals surface area (Å²) in [4.78, 5) is 30.9. The zero-order valence-electron chi connectivity index (χ0n) is 70.7. The summed E-state index contributed by atoms with van der Waals surface area (Å²) in [7, 11) is 0. The minimum absolute atomic E-state index is 0.720. The van der Waals surface area contributed by atoms with Gasteiger partial charge in [-0.05, 0) is 213 Å². The lowest BCUT2D eigenvalue weighted by atomic mass is 9.91. The van der Waals surface area contributed by atoms with E-state index in [1.807, 2.05) is 30.3 Å². The van der Waals surface area contributed by atoms with E-state index in [9.17, 15) is 0 Å². The Balaban J connectivity index is 0.000000109. The van der Waals surface area contributed by atoms with Crippen LogP contribution in [-0.2, 0) is 0 Å². The molecule has 3 heterocycles. The topological polar surface area (TPSA) is 77.3 Å². The lowest BCUT2D eigenvalue weighted by molar-refractivity contribution is 1.23. The quantitative estimate of drug-likeness (QED) is 0.127. The predicted molar refractivity (Wildman–Crippen MR) is 548 cm³/mol. The van der Waals surface area contributed by atoms with Crippen molar-refractivity contribution < 1.29 is 0 Å². The first-order chi connectivity index (χ1) is 64.4. The largest absolute Gasteiger partial charge is 0.244 e. The summed E-state index contributed by atoms with van der Waals surface area (Å²) < 4.78 is 0. The Hall–Kier alpha value is -17.3. The molecule has 23 aromatic carbocycles. The summed E-state index contributed by atoms with van der Waals surface area (Å²) in [5, 5.41) is 27.1. The van der Waals surface area contributed by atoms with E-state index in [4.69, 9.17) is 29.9 Å². The Morgan fingerprint density at radius 1 is 0.100 bits per heavy atom. The smallest absolute Gasteiger partial charge is 0.160 e. The first-order valence-electron chi connectivity index (χ1n) is 44.3. The van der Waals surface area contributed by atoms with Crippen molar-refractivity contribution in [1.29, 1.82) is 0 Å². The standard InChI is InChI=1S/C44H26N2.C44H30N2.C36H22N2/c1-3-15-33-29(11-1)31-13-5-7-17-35(31)39-25-27(21-23-37(33)39)43-44(46-42-20-10-9-19-41(42)45-43)28-22-24-38-34-16-4-2-12-30(34)32-14-6-8-18-36(32)40(38)26-28;1-3-11-31(12-4-1)37-15-9-17-39(29-37)33-21-25-35(26-22-33)43-41-19-7-8-20-42(41)45-44(46-43)36-27-23-34(24-28-36)40-18-10-16-38(30-40)32-13-5-2-6-14-32;1-3-9-29-23(7-1)13-15-25-21-27(17-19-31(25)29)35-33-11-5-6-12-34(33)37-36(38-35)28-18-20-32-26(22-28)16-14-24-8-2-4-10-30(24)32/h1-26H;1-30H;1-22H. The van der Waals surface area contributed by atoms with Crippen molar-refractivity contribution in [1.82, 2.24) is 29.9 Å². The van der Waals surface area contributed by atoms with Crippen LogP contribution in [-0.4, -0.2) is 29.9 Å². The van der Waals surface area contributed by atoms with Gasteiger partial charge in [-0.1, -0.05) is 413 Å². The molecule has 0 aliphatic carbocycles. The van der Waals surface area contributed by atoms with Crippen molar-refractivity contribution in [3.8, 4) is 112 Å². The number of nitrogens with zero attached hydrogens (tertiary/aromatic N) is 6. The fourth-order valence-corrected chi connectivity index (χ4v) is 19.3. The minimum atomic E-state index is 0.720. The van der Waals surface area contributed by atoms with Crippen molar-refractivity contribution in [2.24, 2.45) is 0 Å². The van der Waals surface area contributed by atoms with E-state index < -0.39 is 0 Å². The fourth-order valence-electron chi connectivity index (χ4n) is 19.3. The number of fused-ring (bicyclic) bond motifs is 21. The van der Waals surface area contributed by atoms with Gasteiger partial charge >= 0.3 is 0 Å². The molecule has 26 aromatic rings. The molecule has 0 unspecified atom stereocenters. The molecule has 6 heteroatoms. The summed E-state index contributed by atoms with van der Waals surface area (Å²) in [6.07, 6.45) is 0. The van der Waals surface area contributed by atoms with Gasteiger partial charge in [0.1, 0.15) is 0 Å². The average molecular weight is 1650 g/mol. The highest BCUT2D eigenvalue weighted by molar-refractivity contribution is 6.27. The molecule has 604 valence electrons. The molecule has 0 bridgehead atoms. The SMILES string of the molecule is c1ccc(-c2cccc(-c3ccc(-c4nc(-c5ccc(-c6cccc(-c7ccccc7)c6)cc5)c5ccccc5n4)cc3)c2)cc1.c1ccc2c(c1)ccc1cc(-c3nc(-c4ccc5c(ccc6ccccc65)c4)c4ccccc4n3)ccc12.c1ccc2nc(-c3ccc4c5ccccc5c5ccccc5c4c3)c(-c3ccc4c5ccccc5c5ccccc5c4c3)nc2c1. The molecule has 130 heavy (non-hydrogen) atoms. The highest BCUT2D eigenvalue weighted by Crippen LogP contribution is 2.44. The van der Waals surface area contributed by atoms with Crippen molar-refractivity contribution in [3.63, 3.8) is 0 Å². The van der Waals surface area contributed by atoms with E-state index in [-0.39, 0.29) is 0 Å². The summed E-state index contributed by atoms with van der Waals surface area (Å²) in [5.41, 5.74) is 23.2. The third kappa shape index (κ3) is 14.1. The summed E-state index contributed by atoms with van der Waals surface area (Å²) in [6.45, 7) is 0. The first kappa shape index (κ1) is 76.3. The molecule has 0 atom stereocenters. The Kier molecular flexibility index (Phi) is 19.2. The second-order valence-corrected chi connectivity index (χ2v) is 33.4. The molecule has 0 radical (unpaired) electrons. The highest BCUT2D eigenvalue weighted by Gasteiger charge is 2.21. The molecule has 3 aromatic heterocycles. The van der Waals surface area contributed by atoms with E-state index in [0.29, 0.717) is 0 Å². The predicted octanol–water partition coefficient (Wildman–Crippen LogP) is 33.1. The van der Waals surface area contributed by atoms with Gasteiger partial charge in [-0.25, -0.2) is 29.9 Å². The van der Waals surface area contributed by atoms with Crippen LogP contribution in [0.1, 0.15) is 0 Å². The molecular weight excluding hydrogens is 1570 g/mol. The van der Waals surface area contributed by atoms with Gasteiger partial charge in [-0.3, -0.25) is 0 Å². The van der Waals surface area contributed by atoms with Crippen molar-refractivity contribution in [2.45, 2.75) is 0 Å². The molecule has 0 aliphatic heterocycles. The molecule has 0 amide bonds. The Labute approximate surface area is 750 Å². The Bertz CT molecular complexity index is 8710. The van der Waals surface area contributed by atoms with Crippen LogP contribution >= 0.6 is 0 Å². The second-order valence-electron chi connectivity index (χ2n) is 33.4. The molecule has 0 N–H and O–H groups in total. The van der Waals surface area contributed by atoms with Crippen LogP contribution in [0.4, 0.5) is 0 Å². The maximum absolute atomic E-state index is 5.30. The van der Waals surface area contributed by atoms with Crippen molar-refractivity contribution in [3.05, 3.63) is 473 Å². The van der Waals surface area contributed by atoms with Gasteiger partial charge in [0, 0.05) is 44.2 Å². The van der Waals surface area contributed by atoms with E-state index in [1.165, 1.54) is 147 Å². The molecule has 0 fully saturated rings. The van der Waals surface area contributed by atoms with E-state index in [1.54, 1.807) is 0 Å². The van der Waals surface area contributed by atoms with E-state index in [2.05, 4.69) is 443 Å². The molecule has 26 rings (SSSR count). The Morgan fingerprint density at radius 3 is 0.769 bits per heavy atom. The molecule has 0 spiro atoms. The monoisotopic (exact) mass is 1650 g/mol. The van der Waals surface area contributed by atoms with Crippen LogP contribution in [0, 0.1) is 0 Å². The number of hydrogen-bond donors (Lipinski definition) is 0. The minimum Gasteiger partial charge on any atom is -0.244 e. The number of hydrogen-bond acceptors (Lipinski definition) is 6. The van der Waals surface area contributed by atoms with Gasteiger partial charge in [-0.15, -0.1) is 0 Å². The molecule has 0 aliphatic rings. The number of rotatable bonds is 10. The van der Waals surface area contributed by atoms with Gasteiger partial charge in [0.2, 0.25) is 0 Å². The highest BCUT2D eigenvalue weighted by atomic mass is 14.9. The van der Waals surface area contributed by atoms with E-state index in [0.717, 1.165) is 106 Å². The van der Waals surface area contributed by atoms with Crippen molar-refractivity contribution >= 4 is 141 Å². The van der Waals surface area contributed by atoms with Crippen LogP contribution in [0.2, 0.25) is 0 Å². The molecular formula is C124H78N6. The van der Waals surface area contributed by atoms with Crippen LogP contribution in [0.15, 0.2) is 473 Å². The summed E-state index contributed by atoms with van der Waals surface area (Å²) in [6, 6.07) is 168. The second kappa shape index (κ2) is 32.7. The molecule has 0 saturated carbocycles. The normalized spacial score (nSPS) is 11.5. The number of benzene rings is 23. The zero-order chi connectivity index (χ0) is 86.0. The summed E-state index contributed by atoms with van der Waals surface area (Å²) >= 11 is 0. The third-order valence-electron chi connectivity index (χ3n) is 25.7. The van der Waals surface area contributed by atoms with Crippen LogP contribution in [0.25, 0.3) is 253 Å². The third-order valence-corrected chi connectivity index (χ3v) is 25.7. The lowest BCUT2D eigenvalue weighted by Crippen LogP contribution is -1.96. The zero-order valence-corrected chi connectivity index (χ0v) is 70.7. The maximum atomic E-state index is 5.30. The van der Waals surface area contributed by atoms with Crippen molar-refractivity contribution in [2.75, 3.05) is 0 Å². The van der Waals surface area contributed by atoms with Gasteiger partial charge in [0.05, 0.1) is 44.8 Å².